The first kappa shape index (κ1) is 27.7. The molecule has 1 aliphatic carbocycles. The fraction of sp³-hybridized carbons (Fsp3) is 0.562. The molecule has 5 atom stereocenters. The van der Waals surface area contributed by atoms with Crippen molar-refractivity contribution >= 4 is 40.1 Å². The van der Waals surface area contributed by atoms with E-state index in [2.05, 4.69) is 39.6 Å². The van der Waals surface area contributed by atoms with Crippen LogP contribution in [0.2, 0.25) is 0 Å². The molecule has 0 saturated carbocycles. The number of aromatic amines is 1. The van der Waals surface area contributed by atoms with Gasteiger partial charge in [0, 0.05) is 36.2 Å². The lowest BCUT2D eigenvalue weighted by Crippen LogP contribution is -2.67. The van der Waals surface area contributed by atoms with Gasteiger partial charge in [-0.1, -0.05) is 45.9 Å². The van der Waals surface area contributed by atoms with Crippen LogP contribution in [-0.2, 0) is 25.6 Å². The molecule has 6 rings (SSSR count). The van der Waals surface area contributed by atoms with Crippen molar-refractivity contribution in [1.29, 1.82) is 0 Å². The Balaban J connectivity index is 1.28. The summed E-state index contributed by atoms with van der Waals surface area (Å²) in [6, 6.07) is 4.08. The van der Waals surface area contributed by atoms with E-state index in [0.717, 1.165) is 29.5 Å². The molecule has 9 heteroatoms. The summed E-state index contributed by atoms with van der Waals surface area (Å²) in [5.41, 5.74) is 4.66. The molecule has 4 aliphatic rings. The van der Waals surface area contributed by atoms with E-state index < -0.39 is 30.0 Å². The van der Waals surface area contributed by atoms with Gasteiger partial charge in [0.1, 0.15) is 18.1 Å². The summed E-state index contributed by atoms with van der Waals surface area (Å²) in [6.07, 6.45) is 6.76. The van der Waals surface area contributed by atoms with Crippen molar-refractivity contribution in [3.05, 3.63) is 41.6 Å². The maximum absolute atomic E-state index is 14.1. The van der Waals surface area contributed by atoms with Crippen LogP contribution >= 0.6 is 0 Å². The third-order valence-electron chi connectivity index (χ3n) is 9.42. The lowest BCUT2D eigenvalue weighted by atomic mass is 9.79. The molecule has 41 heavy (non-hydrogen) atoms. The fourth-order valence-corrected chi connectivity index (χ4v) is 7.36. The van der Waals surface area contributed by atoms with Crippen LogP contribution in [0.5, 0.6) is 0 Å². The van der Waals surface area contributed by atoms with Crippen molar-refractivity contribution in [1.82, 2.24) is 25.0 Å². The normalized spacial score (nSPS) is 26.9. The van der Waals surface area contributed by atoms with Gasteiger partial charge in [-0.2, -0.15) is 0 Å². The number of H-pyrrole nitrogens is 1. The number of hydrogen-bond acceptors (Lipinski definition) is 5. The van der Waals surface area contributed by atoms with Crippen molar-refractivity contribution in [2.75, 3.05) is 20.1 Å². The second kappa shape index (κ2) is 10.4. The number of imide groups is 1. The second-order valence-corrected chi connectivity index (χ2v) is 13.0. The standard InChI is InChI=1S/C32H41N5O4/c1-17(2)12-26-30(39)36-11-7-10-24(36)31(40)37(26)32(41)28(18(3)4)34-29(38)20-13-22-21-8-6-9-23-27(21)19(15-33-23)14-25(22)35(5)16-20/h6,8-9,13,15,17-18,20,24-26,28,33H,7,10-12,14,16H2,1-5H3,(H,34,38)/t20-,24-,25?,26+,28+/m1/s1. The number of likely N-dealkylation sites (N-methyl/N-ethyl adjacent to an activating group) is 1. The minimum Gasteiger partial charge on any atom is -0.361 e. The van der Waals surface area contributed by atoms with Crippen LogP contribution in [0.15, 0.2) is 30.5 Å². The van der Waals surface area contributed by atoms with E-state index >= 15 is 0 Å². The average molecular weight is 560 g/mol. The van der Waals surface area contributed by atoms with E-state index in [-0.39, 0.29) is 35.6 Å². The Morgan fingerprint density at radius 3 is 2.61 bits per heavy atom. The first-order valence-electron chi connectivity index (χ1n) is 15.1. The van der Waals surface area contributed by atoms with Gasteiger partial charge in [0.2, 0.25) is 11.8 Å². The first-order chi connectivity index (χ1) is 19.6. The monoisotopic (exact) mass is 559 g/mol. The van der Waals surface area contributed by atoms with Gasteiger partial charge in [-0.05, 0) is 67.3 Å². The zero-order chi connectivity index (χ0) is 29.2. The molecule has 0 bridgehead atoms. The number of carbonyl (C=O) groups excluding carboxylic acids is 4. The topological polar surface area (TPSA) is 106 Å². The summed E-state index contributed by atoms with van der Waals surface area (Å²) in [6.45, 7) is 8.80. The number of aromatic nitrogens is 1. The minimum atomic E-state index is -0.908. The van der Waals surface area contributed by atoms with Crippen LogP contribution in [0.25, 0.3) is 16.5 Å². The second-order valence-electron chi connectivity index (χ2n) is 13.0. The summed E-state index contributed by atoms with van der Waals surface area (Å²) in [7, 11) is 2.04. The van der Waals surface area contributed by atoms with Crippen LogP contribution in [-0.4, -0.2) is 87.6 Å². The number of amides is 4. The number of piperazine rings is 1. The molecule has 2 fully saturated rings. The summed E-state index contributed by atoms with van der Waals surface area (Å²) in [4.78, 5) is 63.5. The predicted octanol–water partition coefficient (Wildman–Crippen LogP) is 2.95. The van der Waals surface area contributed by atoms with Crippen molar-refractivity contribution in [3.8, 4) is 0 Å². The van der Waals surface area contributed by atoms with Gasteiger partial charge in [-0.3, -0.25) is 29.0 Å². The third-order valence-corrected chi connectivity index (χ3v) is 9.42. The van der Waals surface area contributed by atoms with Gasteiger partial charge in [0.15, 0.2) is 0 Å². The molecule has 1 unspecified atom stereocenters. The Morgan fingerprint density at radius 1 is 1.10 bits per heavy atom. The van der Waals surface area contributed by atoms with E-state index in [1.54, 1.807) is 4.90 Å². The molecule has 9 nitrogen and oxygen atoms in total. The largest absolute Gasteiger partial charge is 0.361 e. The number of nitrogens with zero attached hydrogens (tertiary/aromatic N) is 3. The highest BCUT2D eigenvalue weighted by atomic mass is 16.2. The Labute approximate surface area is 241 Å². The zero-order valence-electron chi connectivity index (χ0n) is 24.6. The zero-order valence-corrected chi connectivity index (χ0v) is 24.6. The molecule has 2 saturated heterocycles. The SMILES string of the molecule is CC(C)C[C@H]1C(=O)N2CCC[C@@H]2C(=O)N1C(=O)[C@@H](NC(=O)[C@@H]1C=C2c3cccc4[nH]cc(c34)CC2N(C)C1)C(C)C. The Bertz CT molecular complexity index is 1440. The molecule has 0 spiro atoms. The lowest BCUT2D eigenvalue weighted by Gasteiger charge is -2.43. The molecule has 218 valence electrons. The maximum atomic E-state index is 14.1. The summed E-state index contributed by atoms with van der Waals surface area (Å²) >= 11 is 0. The molecule has 2 N–H and O–H groups in total. The molecule has 2 aromatic rings. The van der Waals surface area contributed by atoms with Crippen LogP contribution in [0.3, 0.4) is 0 Å². The maximum Gasteiger partial charge on any atom is 0.252 e. The van der Waals surface area contributed by atoms with E-state index in [9.17, 15) is 19.2 Å². The predicted molar refractivity (Wildman–Crippen MR) is 156 cm³/mol. The highest BCUT2D eigenvalue weighted by molar-refractivity contribution is 6.09. The lowest BCUT2D eigenvalue weighted by molar-refractivity contribution is -0.168. The number of benzene rings is 1. The van der Waals surface area contributed by atoms with Crippen LogP contribution in [0.4, 0.5) is 0 Å². The van der Waals surface area contributed by atoms with Gasteiger partial charge in [0.05, 0.1) is 5.92 Å². The molecule has 1 aromatic heterocycles. The van der Waals surface area contributed by atoms with E-state index in [1.165, 1.54) is 15.8 Å². The number of rotatable bonds is 6. The highest BCUT2D eigenvalue weighted by Crippen LogP contribution is 2.41. The molecule has 4 amide bonds. The van der Waals surface area contributed by atoms with E-state index in [1.807, 2.05) is 40.8 Å². The number of fused-ring (bicyclic) bond motifs is 3. The Hall–Kier alpha value is -3.46. The molecule has 0 radical (unpaired) electrons. The molecule has 3 aliphatic heterocycles. The van der Waals surface area contributed by atoms with Gasteiger partial charge in [-0.25, -0.2) is 0 Å². The highest BCUT2D eigenvalue weighted by Gasteiger charge is 2.51. The molecule has 1 aromatic carbocycles. The van der Waals surface area contributed by atoms with Gasteiger partial charge in [0.25, 0.3) is 11.8 Å². The smallest absolute Gasteiger partial charge is 0.252 e. The van der Waals surface area contributed by atoms with Crippen LogP contribution in [0, 0.1) is 17.8 Å². The number of nitrogens with one attached hydrogen (secondary N) is 2. The van der Waals surface area contributed by atoms with Crippen molar-refractivity contribution in [2.45, 2.75) is 77.5 Å². The Kier molecular flexibility index (Phi) is 7.04. The quantitative estimate of drug-likeness (QED) is 0.566. The van der Waals surface area contributed by atoms with E-state index in [4.69, 9.17) is 0 Å². The van der Waals surface area contributed by atoms with Crippen LogP contribution in [0.1, 0.15) is 58.1 Å². The summed E-state index contributed by atoms with van der Waals surface area (Å²) in [5, 5.41) is 4.24. The summed E-state index contributed by atoms with van der Waals surface area (Å²) in [5.74, 6) is -1.76. The van der Waals surface area contributed by atoms with Crippen molar-refractivity contribution in [3.63, 3.8) is 0 Å². The Morgan fingerprint density at radius 2 is 1.88 bits per heavy atom. The van der Waals surface area contributed by atoms with Crippen LogP contribution < -0.4 is 5.32 Å². The number of carbonyl (C=O) groups is 4. The average Bonchev–Trinajstić information content (AvgIpc) is 3.59. The van der Waals surface area contributed by atoms with Crippen molar-refractivity contribution < 1.29 is 19.2 Å². The fourth-order valence-electron chi connectivity index (χ4n) is 7.36. The minimum absolute atomic E-state index is 0.121. The molecular formula is C32H41N5O4. The van der Waals surface area contributed by atoms with E-state index in [0.29, 0.717) is 25.9 Å². The number of hydrogen-bond donors (Lipinski definition) is 2. The molecule has 4 heterocycles. The summed E-state index contributed by atoms with van der Waals surface area (Å²) < 4.78 is 0. The van der Waals surface area contributed by atoms with Gasteiger partial charge < -0.3 is 15.2 Å². The first-order valence-corrected chi connectivity index (χ1v) is 15.1. The van der Waals surface area contributed by atoms with Gasteiger partial charge >= 0.3 is 0 Å². The van der Waals surface area contributed by atoms with Gasteiger partial charge in [-0.15, -0.1) is 0 Å². The van der Waals surface area contributed by atoms with Crippen molar-refractivity contribution in [2.24, 2.45) is 17.8 Å². The third kappa shape index (κ3) is 4.58. The molecular weight excluding hydrogens is 518 g/mol.